The number of para-hydroxylation sites is 1. The van der Waals surface area contributed by atoms with Gasteiger partial charge in [-0.2, -0.15) is 8.42 Å². The van der Waals surface area contributed by atoms with Gasteiger partial charge in [-0.15, -0.1) is 0 Å². The van der Waals surface area contributed by atoms with Crippen LogP contribution in [0.25, 0.3) is 0 Å². The van der Waals surface area contributed by atoms with Gasteiger partial charge in [0.2, 0.25) is 0 Å². The SMILES string of the molecule is Cc1cccc(I)c1S(=O)(=O)Oc1ccccc1. The second kappa shape index (κ2) is 5.27. The van der Waals surface area contributed by atoms with Crippen LogP contribution in [-0.4, -0.2) is 8.42 Å². The Labute approximate surface area is 120 Å². The van der Waals surface area contributed by atoms with E-state index in [9.17, 15) is 8.42 Å². The third-order valence-electron chi connectivity index (χ3n) is 2.36. The molecule has 0 N–H and O–H groups in total. The minimum atomic E-state index is -3.78. The molecule has 0 amide bonds. The number of halogens is 1. The first-order valence-corrected chi connectivity index (χ1v) is 7.74. The molecule has 0 saturated carbocycles. The van der Waals surface area contributed by atoms with Gasteiger partial charge in [0.1, 0.15) is 10.6 Å². The largest absolute Gasteiger partial charge is 0.379 e. The lowest BCUT2D eigenvalue weighted by atomic mass is 10.2. The second-order valence-corrected chi connectivity index (χ2v) is 6.38. The zero-order valence-corrected chi connectivity index (χ0v) is 12.6. The van der Waals surface area contributed by atoms with Gasteiger partial charge in [-0.3, -0.25) is 0 Å². The highest BCUT2D eigenvalue weighted by Crippen LogP contribution is 2.25. The normalized spacial score (nSPS) is 11.2. The van der Waals surface area contributed by atoms with Crippen LogP contribution in [0.1, 0.15) is 5.56 Å². The summed E-state index contributed by atoms with van der Waals surface area (Å²) in [6, 6.07) is 13.8. The van der Waals surface area contributed by atoms with E-state index in [2.05, 4.69) is 0 Å². The summed E-state index contributed by atoms with van der Waals surface area (Å²) in [5, 5.41) is 0. The number of hydrogen-bond donors (Lipinski definition) is 0. The van der Waals surface area contributed by atoms with Crippen LogP contribution in [0.2, 0.25) is 0 Å². The minimum absolute atomic E-state index is 0.231. The molecule has 0 spiro atoms. The van der Waals surface area contributed by atoms with E-state index in [0.717, 1.165) is 0 Å². The van der Waals surface area contributed by atoms with Crippen molar-refractivity contribution in [3.8, 4) is 5.75 Å². The molecule has 0 bridgehead atoms. The van der Waals surface area contributed by atoms with Crippen molar-refractivity contribution >= 4 is 32.7 Å². The van der Waals surface area contributed by atoms with Crippen molar-refractivity contribution < 1.29 is 12.6 Å². The average Bonchev–Trinajstić information content (AvgIpc) is 2.28. The van der Waals surface area contributed by atoms with Gasteiger partial charge in [0.25, 0.3) is 0 Å². The number of benzene rings is 2. The summed E-state index contributed by atoms with van der Waals surface area (Å²) in [6.07, 6.45) is 0. The Bertz CT molecular complexity index is 631. The Morgan fingerprint density at radius 3 is 2.28 bits per heavy atom. The van der Waals surface area contributed by atoms with Crippen LogP contribution in [-0.2, 0) is 10.1 Å². The Morgan fingerprint density at radius 2 is 1.67 bits per heavy atom. The number of aryl methyl sites for hydroxylation is 1. The lowest BCUT2D eigenvalue weighted by Gasteiger charge is -2.10. The molecular weight excluding hydrogens is 363 g/mol. The Morgan fingerprint density at radius 1 is 1.00 bits per heavy atom. The molecule has 94 valence electrons. The van der Waals surface area contributed by atoms with Crippen LogP contribution in [0.15, 0.2) is 53.4 Å². The minimum Gasteiger partial charge on any atom is -0.379 e. The summed E-state index contributed by atoms with van der Waals surface area (Å²) in [6.45, 7) is 1.75. The molecule has 0 radical (unpaired) electrons. The molecule has 0 saturated heterocycles. The van der Waals surface area contributed by atoms with Crippen LogP contribution in [0, 0.1) is 10.5 Å². The molecule has 2 rings (SSSR count). The topological polar surface area (TPSA) is 43.4 Å². The van der Waals surface area contributed by atoms with Gasteiger partial charge in [0.05, 0.1) is 0 Å². The van der Waals surface area contributed by atoms with Crippen LogP contribution in [0.3, 0.4) is 0 Å². The van der Waals surface area contributed by atoms with Crippen molar-refractivity contribution in [1.29, 1.82) is 0 Å². The van der Waals surface area contributed by atoms with Crippen molar-refractivity contribution in [3.63, 3.8) is 0 Å². The van der Waals surface area contributed by atoms with Crippen molar-refractivity contribution in [2.24, 2.45) is 0 Å². The van der Waals surface area contributed by atoms with Crippen molar-refractivity contribution in [2.45, 2.75) is 11.8 Å². The fourth-order valence-electron chi connectivity index (χ4n) is 1.58. The van der Waals surface area contributed by atoms with E-state index in [1.807, 2.05) is 28.7 Å². The first-order chi connectivity index (χ1) is 8.50. The van der Waals surface area contributed by atoms with E-state index >= 15 is 0 Å². The Balaban J connectivity index is 2.44. The molecule has 0 fully saturated rings. The highest BCUT2D eigenvalue weighted by Gasteiger charge is 2.22. The quantitative estimate of drug-likeness (QED) is 0.611. The molecule has 0 heterocycles. The second-order valence-electron chi connectivity index (χ2n) is 3.74. The van der Waals surface area contributed by atoms with E-state index in [1.165, 1.54) is 0 Å². The molecule has 0 aromatic heterocycles. The summed E-state index contributed by atoms with van der Waals surface area (Å²) in [7, 11) is -3.78. The number of rotatable bonds is 3. The monoisotopic (exact) mass is 374 g/mol. The summed E-state index contributed by atoms with van der Waals surface area (Å²) < 4.78 is 30.2. The van der Waals surface area contributed by atoms with Crippen LogP contribution < -0.4 is 4.18 Å². The summed E-state index contributed by atoms with van der Waals surface area (Å²) in [4.78, 5) is 0.231. The zero-order chi connectivity index (χ0) is 13.2. The highest BCUT2D eigenvalue weighted by atomic mass is 127. The smallest absolute Gasteiger partial charge is 0.340 e. The summed E-state index contributed by atoms with van der Waals surface area (Å²) >= 11 is 1.99. The van der Waals surface area contributed by atoms with Gasteiger partial charge in [-0.05, 0) is 53.3 Å². The molecule has 0 unspecified atom stereocenters. The van der Waals surface area contributed by atoms with Gasteiger partial charge < -0.3 is 4.18 Å². The molecular formula is C13H11IO3S. The van der Waals surface area contributed by atoms with Gasteiger partial charge in [-0.25, -0.2) is 0 Å². The molecule has 18 heavy (non-hydrogen) atoms. The van der Waals surface area contributed by atoms with Crippen molar-refractivity contribution in [1.82, 2.24) is 0 Å². The fraction of sp³-hybridized carbons (Fsp3) is 0.0769. The molecule has 0 atom stereocenters. The van der Waals surface area contributed by atoms with E-state index in [0.29, 0.717) is 14.9 Å². The predicted molar refractivity (Wildman–Crippen MR) is 78.2 cm³/mol. The Hall–Kier alpha value is -1.08. The first kappa shape index (κ1) is 13.4. The summed E-state index contributed by atoms with van der Waals surface area (Å²) in [5.74, 6) is 0.316. The van der Waals surface area contributed by atoms with E-state index < -0.39 is 10.1 Å². The highest BCUT2D eigenvalue weighted by molar-refractivity contribution is 14.1. The van der Waals surface area contributed by atoms with Crippen molar-refractivity contribution in [2.75, 3.05) is 0 Å². The van der Waals surface area contributed by atoms with Crippen molar-refractivity contribution in [3.05, 3.63) is 57.7 Å². The average molecular weight is 374 g/mol. The molecule has 3 nitrogen and oxygen atoms in total. The maximum Gasteiger partial charge on any atom is 0.340 e. The lowest BCUT2D eigenvalue weighted by Crippen LogP contribution is -2.12. The van der Waals surface area contributed by atoms with Gasteiger partial charge in [-0.1, -0.05) is 30.3 Å². The standard InChI is InChI=1S/C13H11IO3S/c1-10-6-5-9-12(14)13(10)18(15,16)17-11-7-3-2-4-8-11/h2-9H,1H3. The van der Waals surface area contributed by atoms with E-state index in [4.69, 9.17) is 4.18 Å². The Kier molecular flexibility index (Phi) is 3.91. The predicted octanol–water partition coefficient (Wildman–Crippen LogP) is 3.37. The van der Waals surface area contributed by atoms with Crippen LogP contribution in [0.5, 0.6) is 5.75 Å². The number of hydrogen-bond acceptors (Lipinski definition) is 3. The van der Waals surface area contributed by atoms with Crippen LogP contribution in [0.4, 0.5) is 0 Å². The molecule has 0 aliphatic carbocycles. The summed E-state index contributed by atoms with van der Waals surface area (Å²) in [5.41, 5.74) is 0.679. The molecule has 2 aromatic carbocycles. The maximum atomic E-state index is 12.2. The van der Waals surface area contributed by atoms with Gasteiger partial charge in [0.15, 0.2) is 0 Å². The van der Waals surface area contributed by atoms with Gasteiger partial charge in [0, 0.05) is 3.57 Å². The molecule has 0 aliphatic rings. The van der Waals surface area contributed by atoms with E-state index in [1.54, 1.807) is 49.4 Å². The molecule has 5 heteroatoms. The molecule has 0 aliphatic heterocycles. The zero-order valence-electron chi connectivity index (χ0n) is 9.63. The lowest BCUT2D eigenvalue weighted by molar-refractivity contribution is 0.485. The molecule has 2 aromatic rings. The van der Waals surface area contributed by atoms with Crippen LogP contribution >= 0.6 is 22.6 Å². The van der Waals surface area contributed by atoms with E-state index in [-0.39, 0.29) is 4.90 Å². The third kappa shape index (κ3) is 2.84. The third-order valence-corrected chi connectivity index (χ3v) is 5.08. The first-order valence-electron chi connectivity index (χ1n) is 5.25. The van der Waals surface area contributed by atoms with Gasteiger partial charge >= 0.3 is 10.1 Å². The maximum absolute atomic E-state index is 12.2. The fourth-order valence-corrected chi connectivity index (χ4v) is 4.24.